The van der Waals surface area contributed by atoms with Gasteiger partial charge in [0.15, 0.2) is 5.90 Å². The van der Waals surface area contributed by atoms with Gasteiger partial charge in [-0.15, -0.1) is 0 Å². The zero-order valence-electron chi connectivity index (χ0n) is 11.2. The van der Waals surface area contributed by atoms with Crippen LogP contribution in [0, 0.1) is 0 Å². The summed E-state index contributed by atoms with van der Waals surface area (Å²) in [5.41, 5.74) is 0.924. The van der Waals surface area contributed by atoms with Crippen molar-refractivity contribution in [2.24, 2.45) is 4.99 Å². The summed E-state index contributed by atoms with van der Waals surface area (Å²) in [4.78, 5) is 4.03. The fraction of sp³-hybridized carbons (Fsp3) is 0.500. The van der Waals surface area contributed by atoms with Gasteiger partial charge in [0.1, 0.15) is 6.61 Å². The lowest BCUT2D eigenvalue weighted by atomic mass is 10.1. The first kappa shape index (κ1) is 15.2. The molecule has 0 bridgehead atoms. The Hall–Kier alpha value is -1.20. The summed E-state index contributed by atoms with van der Waals surface area (Å²) >= 11 is 5.20. The van der Waals surface area contributed by atoms with E-state index in [0.717, 1.165) is 5.56 Å². The number of ether oxygens (including phenoxy) is 1. The molecular weight excluding hydrogens is 286 g/mol. The Morgan fingerprint density at radius 1 is 1.40 bits per heavy atom. The van der Waals surface area contributed by atoms with Gasteiger partial charge in [-0.25, -0.2) is 0 Å². The van der Waals surface area contributed by atoms with Crippen molar-refractivity contribution >= 4 is 17.5 Å². The monoisotopic (exact) mass is 302 g/mol. The molecule has 0 unspecified atom stereocenters. The predicted molar refractivity (Wildman–Crippen MR) is 75.5 cm³/mol. The predicted octanol–water partition coefficient (Wildman–Crippen LogP) is 3.36. The van der Waals surface area contributed by atoms with E-state index in [1.54, 1.807) is 0 Å². The second-order valence-electron chi connectivity index (χ2n) is 4.72. The van der Waals surface area contributed by atoms with E-state index in [1.165, 1.54) is 0 Å². The summed E-state index contributed by atoms with van der Waals surface area (Å²) in [6, 6.07) is 7.90. The summed E-state index contributed by atoms with van der Waals surface area (Å²) in [6.45, 7) is 2.79. The van der Waals surface area contributed by atoms with E-state index in [-0.39, 0.29) is 12.5 Å². The first-order valence-corrected chi connectivity index (χ1v) is 6.88. The van der Waals surface area contributed by atoms with E-state index >= 15 is 0 Å². The Balaban J connectivity index is 2.04. The second-order valence-corrected chi connectivity index (χ2v) is 5.23. The van der Waals surface area contributed by atoms with Crippen LogP contribution >= 0.6 is 11.6 Å². The standard InChI is InChI=1S/C14H17ClF2N2O/c1-10(11-5-3-2-4-6-11)19-12(14(15,16)17)9-13-18-7-8-20-13/h2-6,10,12,19H,7-9H2,1H3/t10-,12+/m0/s1. The van der Waals surface area contributed by atoms with Gasteiger partial charge < -0.3 is 10.1 Å². The Morgan fingerprint density at radius 3 is 2.65 bits per heavy atom. The van der Waals surface area contributed by atoms with Crippen molar-refractivity contribution < 1.29 is 13.5 Å². The molecule has 0 radical (unpaired) electrons. The number of aliphatic imine (C=N–C) groups is 1. The number of nitrogens with one attached hydrogen (secondary N) is 1. The third-order valence-electron chi connectivity index (χ3n) is 3.17. The average Bonchev–Trinajstić information content (AvgIpc) is 2.91. The summed E-state index contributed by atoms with van der Waals surface area (Å²) in [5, 5.41) is -0.506. The number of hydrogen-bond donors (Lipinski definition) is 1. The molecule has 0 aliphatic carbocycles. The van der Waals surface area contributed by atoms with Crippen LogP contribution in [0.15, 0.2) is 35.3 Å². The van der Waals surface area contributed by atoms with Crippen molar-refractivity contribution in [3.05, 3.63) is 35.9 Å². The minimum atomic E-state index is -3.36. The normalized spacial score (nSPS) is 18.3. The summed E-state index contributed by atoms with van der Waals surface area (Å²) in [6.07, 6.45) is -0.0202. The van der Waals surface area contributed by atoms with Gasteiger partial charge in [0.2, 0.25) is 0 Å². The minimum Gasteiger partial charge on any atom is -0.479 e. The van der Waals surface area contributed by atoms with Crippen molar-refractivity contribution in [1.29, 1.82) is 0 Å². The number of benzene rings is 1. The molecule has 0 saturated carbocycles. The summed E-state index contributed by atoms with van der Waals surface area (Å²) in [7, 11) is 0. The molecule has 1 aliphatic heterocycles. The molecule has 3 nitrogen and oxygen atoms in total. The largest absolute Gasteiger partial charge is 0.479 e. The fourth-order valence-corrected chi connectivity index (χ4v) is 2.23. The molecule has 2 rings (SSSR count). The molecule has 20 heavy (non-hydrogen) atoms. The molecule has 0 spiro atoms. The van der Waals surface area contributed by atoms with Crippen LogP contribution in [0.3, 0.4) is 0 Å². The fourth-order valence-electron chi connectivity index (χ4n) is 2.09. The highest BCUT2D eigenvalue weighted by molar-refractivity contribution is 6.22. The molecule has 6 heteroatoms. The lowest BCUT2D eigenvalue weighted by Crippen LogP contribution is -2.44. The maximum Gasteiger partial charge on any atom is 0.337 e. The van der Waals surface area contributed by atoms with E-state index in [9.17, 15) is 8.78 Å². The van der Waals surface area contributed by atoms with Crippen LogP contribution in [0.5, 0.6) is 0 Å². The van der Waals surface area contributed by atoms with Crippen LogP contribution in [-0.4, -0.2) is 30.5 Å². The lowest BCUT2D eigenvalue weighted by molar-refractivity contribution is 0.0465. The van der Waals surface area contributed by atoms with Crippen LogP contribution in [0.2, 0.25) is 0 Å². The summed E-state index contributed by atoms with van der Waals surface area (Å²) < 4.78 is 32.2. The van der Waals surface area contributed by atoms with Gasteiger partial charge in [-0.3, -0.25) is 4.99 Å². The number of hydrogen-bond acceptors (Lipinski definition) is 3. The molecule has 2 atom stereocenters. The average molecular weight is 303 g/mol. The van der Waals surface area contributed by atoms with Crippen molar-refractivity contribution in [2.75, 3.05) is 13.2 Å². The Kier molecular flexibility index (Phi) is 4.94. The van der Waals surface area contributed by atoms with Gasteiger partial charge in [0, 0.05) is 12.5 Å². The number of rotatable bonds is 6. The zero-order valence-corrected chi connectivity index (χ0v) is 11.9. The topological polar surface area (TPSA) is 33.6 Å². The Morgan fingerprint density at radius 2 is 2.10 bits per heavy atom. The molecule has 1 N–H and O–H groups in total. The lowest BCUT2D eigenvalue weighted by Gasteiger charge is -2.26. The van der Waals surface area contributed by atoms with E-state index < -0.39 is 11.4 Å². The SMILES string of the molecule is C[C@H](N[C@H](CC1=NCCO1)C(F)(F)Cl)c1ccccc1. The molecule has 0 saturated heterocycles. The molecular formula is C14H17ClF2N2O. The maximum atomic E-state index is 13.5. The highest BCUT2D eigenvalue weighted by Gasteiger charge is 2.39. The highest BCUT2D eigenvalue weighted by Crippen LogP contribution is 2.29. The number of halogens is 3. The molecule has 0 amide bonds. The third-order valence-corrected chi connectivity index (χ3v) is 3.44. The molecule has 1 heterocycles. The van der Waals surface area contributed by atoms with Crippen molar-refractivity contribution in [3.63, 3.8) is 0 Å². The number of alkyl halides is 3. The zero-order chi connectivity index (χ0) is 14.6. The van der Waals surface area contributed by atoms with Crippen LogP contribution in [0.1, 0.15) is 24.9 Å². The van der Waals surface area contributed by atoms with E-state index in [2.05, 4.69) is 10.3 Å². The molecule has 0 aromatic heterocycles. The maximum absolute atomic E-state index is 13.5. The van der Waals surface area contributed by atoms with Crippen molar-refractivity contribution in [1.82, 2.24) is 5.32 Å². The molecule has 1 aromatic carbocycles. The second kappa shape index (κ2) is 6.50. The molecule has 1 aliphatic rings. The molecule has 1 aromatic rings. The minimum absolute atomic E-state index is 0.0202. The molecule has 0 fully saturated rings. The van der Waals surface area contributed by atoms with Crippen LogP contribution < -0.4 is 5.32 Å². The smallest absolute Gasteiger partial charge is 0.337 e. The quantitative estimate of drug-likeness (QED) is 0.818. The van der Waals surface area contributed by atoms with Crippen LogP contribution in [-0.2, 0) is 4.74 Å². The van der Waals surface area contributed by atoms with Crippen LogP contribution in [0.25, 0.3) is 0 Å². The first-order valence-electron chi connectivity index (χ1n) is 6.50. The number of nitrogens with zero attached hydrogens (tertiary/aromatic N) is 1. The van der Waals surface area contributed by atoms with Crippen LogP contribution in [0.4, 0.5) is 8.78 Å². The van der Waals surface area contributed by atoms with Gasteiger partial charge in [-0.1, -0.05) is 30.3 Å². The van der Waals surface area contributed by atoms with E-state index in [0.29, 0.717) is 19.0 Å². The van der Waals surface area contributed by atoms with Crippen molar-refractivity contribution in [2.45, 2.75) is 30.8 Å². The Labute approximate surface area is 122 Å². The van der Waals surface area contributed by atoms with E-state index in [4.69, 9.17) is 16.3 Å². The van der Waals surface area contributed by atoms with Gasteiger partial charge in [0.25, 0.3) is 0 Å². The van der Waals surface area contributed by atoms with E-state index in [1.807, 2.05) is 37.3 Å². The first-order chi connectivity index (χ1) is 9.47. The van der Waals surface area contributed by atoms with Gasteiger partial charge in [-0.2, -0.15) is 8.78 Å². The van der Waals surface area contributed by atoms with Gasteiger partial charge in [0.05, 0.1) is 12.6 Å². The highest BCUT2D eigenvalue weighted by atomic mass is 35.5. The third kappa shape index (κ3) is 4.15. The summed E-state index contributed by atoms with van der Waals surface area (Å²) in [5.74, 6) is 0.336. The molecule has 110 valence electrons. The van der Waals surface area contributed by atoms with Crippen molar-refractivity contribution in [3.8, 4) is 0 Å². The van der Waals surface area contributed by atoms with Gasteiger partial charge >= 0.3 is 5.38 Å². The van der Waals surface area contributed by atoms with Gasteiger partial charge in [-0.05, 0) is 24.1 Å². The Bertz CT molecular complexity index is 462.